The molecule has 2 amide bonds. The molecule has 1 unspecified atom stereocenters. The highest BCUT2D eigenvalue weighted by atomic mass is 32.2. The molecule has 2 saturated heterocycles. The lowest BCUT2D eigenvalue weighted by Gasteiger charge is -2.18. The molecule has 0 aliphatic carbocycles. The Morgan fingerprint density at radius 2 is 1.83 bits per heavy atom. The van der Waals surface area contributed by atoms with Crippen molar-refractivity contribution in [3.8, 4) is 0 Å². The van der Waals surface area contributed by atoms with Crippen LogP contribution in [0.15, 0.2) is 35.4 Å². The second-order valence-electron chi connectivity index (χ2n) is 7.05. The van der Waals surface area contributed by atoms with E-state index in [4.69, 9.17) is 4.74 Å². The molecule has 29 heavy (non-hydrogen) atoms. The number of imide groups is 1. The summed E-state index contributed by atoms with van der Waals surface area (Å²) in [5.74, 6) is -0.540. The number of carbonyl (C=O) groups is 2. The predicted octanol–water partition coefficient (Wildman–Crippen LogP) is 0.714. The van der Waals surface area contributed by atoms with E-state index in [1.165, 1.54) is 28.6 Å². The maximum Gasteiger partial charge on any atom is 0.243 e. The first-order valence-electron chi connectivity index (χ1n) is 9.26. The average molecular weight is 419 g/mol. The van der Waals surface area contributed by atoms with Gasteiger partial charge in [0.25, 0.3) is 0 Å². The van der Waals surface area contributed by atoms with Crippen LogP contribution in [0.4, 0.5) is 5.69 Å². The summed E-state index contributed by atoms with van der Waals surface area (Å²) in [7, 11) is -2.12. The van der Waals surface area contributed by atoms with Crippen molar-refractivity contribution in [1.82, 2.24) is 19.3 Å². The monoisotopic (exact) mass is 419 g/mol. The van der Waals surface area contributed by atoms with E-state index < -0.39 is 10.0 Å². The number of nitrogens with zero attached hydrogens (tertiary/aromatic N) is 5. The lowest BCUT2D eigenvalue weighted by atomic mass is 10.3. The van der Waals surface area contributed by atoms with E-state index in [1.807, 2.05) is 0 Å². The number of amides is 2. The van der Waals surface area contributed by atoms with Crippen LogP contribution >= 0.6 is 0 Å². The second-order valence-corrected chi connectivity index (χ2v) is 8.98. The first kappa shape index (κ1) is 19.7. The number of anilines is 1. The lowest BCUT2D eigenvalue weighted by molar-refractivity contribution is -0.121. The molecular weight excluding hydrogens is 398 g/mol. The second kappa shape index (κ2) is 7.65. The van der Waals surface area contributed by atoms with Crippen LogP contribution in [-0.2, 0) is 31.0 Å². The zero-order valence-electron chi connectivity index (χ0n) is 15.9. The molecule has 10 nitrogen and oxygen atoms in total. The van der Waals surface area contributed by atoms with Crippen molar-refractivity contribution in [1.29, 1.82) is 0 Å². The van der Waals surface area contributed by atoms with Crippen molar-refractivity contribution in [2.75, 3.05) is 25.1 Å². The highest BCUT2D eigenvalue weighted by Crippen LogP contribution is 2.29. The first-order chi connectivity index (χ1) is 13.9. The summed E-state index contributed by atoms with van der Waals surface area (Å²) in [6, 6.07) is 5.76. The standard InChI is InChI=1S/C18H21N5O5S/c1-28-12-13-10-22(20-19-13)15-8-9-21(11-15)29(26,27)16-4-2-14(3-5-16)23-17(24)6-7-18(23)25/h2-5,10,15H,6-9,11-12H2,1H3. The molecular formula is C18H21N5O5S. The lowest BCUT2D eigenvalue weighted by Crippen LogP contribution is -2.30. The van der Waals surface area contributed by atoms with Crippen molar-refractivity contribution >= 4 is 27.5 Å². The Bertz CT molecular complexity index is 1020. The average Bonchev–Trinajstić information content (AvgIpc) is 3.43. The van der Waals surface area contributed by atoms with Gasteiger partial charge in [-0.25, -0.2) is 13.1 Å². The van der Waals surface area contributed by atoms with E-state index in [0.29, 0.717) is 37.5 Å². The summed E-state index contributed by atoms with van der Waals surface area (Å²) in [5.41, 5.74) is 1.08. The Hall–Kier alpha value is -2.63. The van der Waals surface area contributed by atoms with Crippen LogP contribution in [0.3, 0.4) is 0 Å². The summed E-state index contributed by atoms with van der Waals surface area (Å²) in [6.45, 7) is 1.02. The van der Waals surface area contributed by atoms with E-state index in [0.717, 1.165) is 4.90 Å². The van der Waals surface area contributed by atoms with Crippen LogP contribution in [0.2, 0.25) is 0 Å². The van der Waals surface area contributed by atoms with Crippen molar-refractivity contribution in [3.63, 3.8) is 0 Å². The van der Waals surface area contributed by atoms with Gasteiger partial charge in [0.1, 0.15) is 5.69 Å². The van der Waals surface area contributed by atoms with Gasteiger partial charge in [0.15, 0.2) is 0 Å². The molecule has 0 saturated carbocycles. The Kier molecular flexibility index (Phi) is 5.19. The highest BCUT2D eigenvalue weighted by molar-refractivity contribution is 7.89. The molecule has 0 N–H and O–H groups in total. The molecule has 2 aliphatic heterocycles. The molecule has 0 bridgehead atoms. The van der Waals surface area contributed by atoms with Crippen molar-refractivity contribution in [2.45, 2.75) is 36.8 Å². The Balaban J connectivity index is 1.48. The predicted molar refractivity (Wildman–Crippen MR) is 101 cm³/mol. The van der Waals surface area contributed by atoms with Gasteiger partial charge in [0.05, 0.1) is 29.4 Å². The fraction of sp³-hybridized carbons (Fsp3) is 0.444. The minimum absolute atomic E-state index is 0.0954. The van der Waals surface area contributed by atoms with E-state index in [-0.39, 0.29) is 35.6 Å². The fourth-order valence-electron chi connectivity index (χ4n) is 3.63. The number of benzene rings is 1. The SMILES string of the molecule is COCc1cn(C2CCN(S(=O)(=O)c3ccc(N4C(=O)CCC4=O)cc3)C2)nn1. The highest BCUT2D eigenvalue weighted by Gasteiger charge is 2.35. The number of hydrogen-bond acceptors (Lipinski definition) is 7. The molecule has 1 aromatic carbocycles. The Labute approximate surface area is 168 Å². The molecule has 154 valence electrons. The maximum absolute atomic E-state index is 13.0. The molecule has 1 aromatic heterocycles. The zero-order chi connectivity index (χ0) is 20.6. The van der Waals surface area contributed by atoms with Gasteiger partial charge in [0.2, 0.25) is 21.8 Å². The number of methoxy groups -OCH3 is 1. The van der Waals surface area contributed by atoms with Crippen LogP contribution in [0.5, 0.6) is 0 Å². The molecule has 3 heterocycles. The van der Waals surface area contributed by atoms with Gasteiger partial charge >= 0.3 is 0 Å². The van der Waals surface area contributed by atoms with Gasteiger partial charge in [-0.05, 0) is 30.7 Å². The van der Waals surface area contributed by atoms with Crippen molar-refractivity contribution in [3.05, 3.63) is 36.2 Å². The third-order valence-electron chi connectivity index (χ3n) is 5.13. The Morgan fingerprint density at radius 3 is 2.48 bits per heavy atom. The van der Waals surface area contributed by atoms with Gasteiger partial charge < -0.3 is 4.74 Å². The van der Waals surface area contributed by atoms with Gasteiger partial charge in [0, 0.05) is 33.0 Å². The molecule has 4 rings (SSSR count). The number of rotatable bonds is 6. The van der Waals surface area contributed by atoms with E-state index in [2.05, 4.69) is 10.3 Å². The zero-order valence-corrected chi connectivity index (χ0v) is 16.7. The minimum Gasteiger partial charge on any atom is -0.378 e. The van der Waals surface area contributed by atoms with Crippen LogP contribution in [-0.4, -0.2) is 59.7 Å². The number of aromatic nitrogens is 3. The first-order valence-corrected chi connectivity index (χ1v) is 10.7. The summed E-state index contributed by atoms with van der Waals surface area (Å²) in [4.78, 5) is 24.9. The number of ether oxygens (including phenoxy) is 1. The topological polar surface area (TPSA) is 115 Å². The van der Waals surface area contributed by atoms with Crippen LogP contribution in [0, 0.1) is 0 Å². The fourth-order valence-corrected chi connectivity index (χ4v) is 5.12. The molecule has 0 radical (unpaired) electrons. The van der Waals surface area contributed by atoms with Crippen LogP contribution < -0.4 is 4.90 Å². The molecule has 2 aliphatic rings. The van der Waals surface area contributed by atoms with Crippen LogP contribution in [0.25, 0.3) is 0 Å². The summed E-state index contributed by atoms with van der Waals surface area (Å²) < 4.78 is 34.1. The third-order valence-corrected chi connectivity index (χ3v) is 7.01. The number of sulfonamides is 1. The molecule has 2 aromatic rings. The van der Waals surface area contributed by atoms with E-state index >= 15 is 0 Å². The third kappa shape index (κ3) is 3.68. The minimum atomic E-state index is -3.69. The van der Waals surface area contributed by atoms with Gasteiger partial charge in [-0.15, -0.1) is 5.10 Å². The van der Waals surface area contributed by atoms with Gasteiger partial charge in [-0.3, -0.25) is 14.5 Å². The van der Waals surface area contributed by atoms with Crippen molar-refractivity contribution < 1.29 is 22.7 Å². The van der Waals surface area contributed by atoms with E-state index in [1.54, 1.807) is 18.0 Å². The molecule has 11 heteroatoms. The Morgan fingerprint density at radius 1 is 1.14 bits per heavy atom. The van der Waals surface area contributed by atoms with Gasteiger partial charge in [-0.2, -0.15) is 4.31 Å². The molecule has 0 spiro atoms. The smallest absolute Gasteiger partial charge is 0.243 e. The number of hydrogen-bond donors (Lipinski definition) is 0. The molecule has 2 fully saturated rings. The van der Waals surface area contributed by atoms with Crippen molar-refractivity contribution in [2.24, 2.45) is 0 Å². The normalized spacial score (nSPS) is 20.7. The molecule has 1 atom stereocenters. The largest absolute Gasteiger partial charge is 0.378 e. The summed E-state index contributed by atoms with van der Waals surface area (Å²) in [6.07, 6.45) is 2.76. The summed E-state index contributed by atoms with van der Waals surface area (Å²) >= 11 is 0. The van der Waals surface area contributed by atoms with Gasteiger partial charge in [-0.1, -0.05) is 5.21 Å². The quantitative estimate of drug-likeness (QED) is 0.634. The number of carbonyl (C=O) groups excluding carboxylic acids is 2. The van der Waals surface area contributed by atoms with E-state index in [9.17, 15) is 18.0 Å². The summed E-state index contributed by atoms with van der Waals surface area (Å²) in [5, 5.41) is 8.09. The van der Waals surface area contributed by atoms with Crippen LogP contribution in [0.1, 0.15) is 31.0 Å². The maximum atomic E-state index is 13.0.